The highest BCUT2D eigenvalue weighted by atomic mass is 19.1. The first-order valence-corrected chi connectivity index (χ1v) is 9.15. The van der Waals surface area contributed by atoms with Crippen molar-refractivity contribution in [2.75, 3.05) is 0 Å². The van der Waals surface area contributed by atoms with Crippen LogP contribution in [0.4, 0.5) is 4.39 Å². The molecule has 2 N–H and O–H groups in total. The van der Waals surface area contributed by atoms with E-state index in [1.807, 2.05) is 31.3 Å². The lowest BCUT2D eigenvalue weighted by Gasteiger charge is -2.11. The zero-order valence-corrected chi connectivity index (χ0v) is 14.8. The van der Waals surface area contributed by atoms with Crippen molar-refractivity contribution in [1.82, 2.24) is 10.3 Å². The van der Waals surface area contributed by atoms with E-state index in [0.29, 0.717) is 16.7 Å². The molecule has 1 saturated carbocycles. The SMILES string of the molecule is CC(NC(=O)C1CC1c1c[nH]c2ccccc12)c1cc2cc(F)ccc2o1. The predicted molar refractivity (Wildman–Crippen MR) is 102 cm³/mol. The minimum atomic E-state index is -0.300. The molecule has 4 nitrogen and oxygen atoms in total. The number of hydrogen-bond acceptors (Lipinski definition) is 2. The molecular weight excluding hydrogens is 343 g/mol. The third-order valence-corrected chi connectivity index (χ3v) is 5.43. The van der Waals surface area contributed by atoms with E-state index in [4.69, 9.17) is 4.42 Å². The lowest BCUT2D eigenvalue weighted by atomic mass is 10.1. The minimum Gasteiger partial charge on any atom is -0.459 e. The molecule has 2 aromatic heterocycles. The van der Waals surface area contributed by atoms with Crippen molar-refractivity contribution in [3.8, 4) is 0 Å². The van der Waals surface area contributed by atoms with Crippen molar-refractivity contribution in [2.45, 2.75) is 25.3 Å². The van der Waals surface area contributed by atoms with Gasteiger partial charge in [0.1, 0.15) is 17.2 Å². The molecule has 2 heterocycles. The van der Waals surface area contributed by atoms with E-state index in [1.165, 1.54) is 23.1 Å². The zero-order chi connectivity index (χ0) is 18.5. The molecule has 136 valence electrons. The van der Waals surface area contributed by atoms with E-state index in [2.05, 4.69) is 16.4 Å². The number of amides is 1. The van der Waals surface area contributed by atoms with E-state index in [-0.39, 0.29) is 29.6 Å². The fraction of sp³-hybridized carbons (Fsp3) is 0.227. The normalized spacial score (nSPS) is 20.1. The lowest BCUT2D eigenvalue weighted by Crippen LogP contribution is -2.28. The average Bonchev–Trinajstić information content (AvgIpc) is 3.16. The van der Waals surface area contributed by atoms with E-state index < -0.39 is 0 Å². The smallest absolute Gasteiger partial charge is 0.224 e. The van der Waals surface area contributed by atoms with Crippen molar-refractivity contribution in [3.63, 3.8) is 0 Å². The van der Waals surface area contributed by atoms with Gasteiger partial charge in [-0.1, -0.05) is 18.2 Å². The van der Waals surface area contributed by atoms with Crippen LogP contribution < -0.4 is 5.32 Å². The largest absolute Gasteiger partial charge is 0.459 e. The van der Waals surface area contributed by atoms with Crippen LogP contribution in [0.15, 0.2) is 59.1 Å². The summed E-state index contributed by atoms with van der Waals surface area (Å²) >= 11 is 0. The molecule has 1 fully saturated rings. The van der Waals surface area contributed by atoms with Gasteiger partial charge in [-0.25, -0.2) is 4.39 Å². The molecule has 0 bridgehead atoms. The van der Waals surface area contributed by atoms with E-state index >= 15 is 0 Å². The molecule has 0 radical (unpaired) electrons. The maximum atomic E-state index is 13.3. The molecule has 27 heavy (non-hydrogen) atoms. The molecule has 1 amide bonds. The van der Waals surface area contributed by atoms with Gasteiger partial charge in [0.25, 0.3) is 0 Å². The first-order chi connectivity index (χ1) is 13.1. The number of carbonyl (C=O) groups is 1. The molecule has 1 aliphatic carbocycles. The number of rotatable bonds is 4. The Morgan fingerprint density at radius 3 is 3.00 bits per heavy atom. The summed E-state index contributed by atoms with van der Waals surface area (Å²) < 4.78 is 19.1. The first kappa shape index (κ1) is 16.1. The number of nitrogens with one attached hydrogen (secondary N) is 2. The third-order valence-electron chi connectivity index (χ3n) is 5.43. The first-order valence-electron chi connectivity index (χ1n) is 9.15. The number of halogens is 1. The molecule has 2 aromatic carbocycles. The van der Waals surface area contributed by atoms with Crippen LogP contribution >= 0.6 is 0 Å². The van der Waals surface area contributed by atoms with Crippen molar-refractivity contribution in [1.29, 1.82) is 0 Å². The van der Waals surface area contributed by atoms with Gasteiger partial charge in [-0.15, -0.1) is 0 Å². The maximum absolute atomic E-state index is 13.3. The number of benzene rings is 2. The van der Waals surface area contributed by atoms with Gasteiger partial charge in [0, 0.05) is 28.4 Å². The molecule has 0 saturated heterocycles. The summed E-state index contributed by atoms with van der Waals surface area (Å²) in [5.41, 5.74) is 2.93. The maximum Gasteiger partial charge on any atom is 0.224 e. The van der Waals surface area contributed by atoms with Crippen LogP contribution in [0.5, 0.6) is 0 Å². The molecule has 3 atom stereocenters. The number of para-hydroxylation sites is 1. The van der Waals surface area contributed by atoms with E-state index in [1.54, 1.807) is 12.1 Å². The molecule has 5 rings (SSSR count). The second-order valence-corrected chi connectivity index (χ2v) is 7.30. The molecule has 1 aliphatic rings. The van der Waals surface area contributed by atoms with Gasteiger partial charge in [0.05, 0.1) is 6.04 Å². The Morgan fingerprint density at radius 2 is 2.11 bits per heavy atom. The Labute approximate surface area is 155 Å². The summed E-state index contributed by atoms with van der Waals surface area (Å²) in [6.45, 7) is 1.88. The molecular formula is C22H19FN2O2. The van der Waals surface area contributed by atoms with Crippen LogP contribution in [-0.2, 0) is 4.79 Å². The topological polar surface area (TPSA) is 58.0 Å². The summed E-state index contributed by atoms with van der Waals surface area (Å²) in [4.78, 5) is 16.0. The minimum absolute atomic E-state index is 0.0199. The van der Waals surface area contributed by atoms with Crippen LogP contribution in [0, 0.1) is 11.7 Å². The second-order valence-electron chi connectivity index (χ2n) is 7.30. The number of furan rings is 1. The molecule has 4 aromatic rings. The average molecular weight is 362 g/mol. The van der Waals surface area contributed by atoms with Crippen molar-refractivity contribution >= 4 is 27.8 Å². The highest BCUT2D eigenvalue weighted by Gasteiger charge is 2.45. The highest BCUT2D eigenvalue weighted by molar-refractivity contribution is 5.88. The third kappa shape index (κ3) is 2.79. The van der Waals surface area contributed by atoms with Crippen LogP contribution in [0.25, 0.3) is 21.9 Å². The number of hydrogen-bond donors (Lipinski definition) is 2. The van der Waals surface area contributed by atoms with E-state index in [9.17, 15) is 9.18 Å². The fourth-order valence-electron chi connectivity index (χ4n) is 3.87. The summed E-state index contributed by atoms with van der Waals surface area (Å²) in [6.07, 6.45) is 2.87. The molecule has 3 unspecified atom stereocenters. The van der Waals surface area contributed by atoms with Crippen LogP contribution in [0.3, 0.4) is 0 Å². The Balaban J connectivity index is 1.30. The summed E-state index contributed by atoms with van der Waals surface area (Å²) in [7, 11) is 0. The van der Waals surface area contributed by atoms with Crippen LogP contribution in [0.2, 0.25) is 0 Å². The van der Waals surface area contributed by atoms with E-state index in [0.717, 1.165) is 11.9 Å². The number of fused-ring (bicyclic) bond motifs is 2. The van der Waals surface area contributed by atoms with Gasteiger partial charge in [-0.05, 0) is 55.2 Å². The highest BCUT2D eigenvalue weighted by Crippen LogP contribution is 2.49. The van der Waals surface area contributed by atoms with Crippen molar-refractivity contribution < 1.29 is 13.6 Å². The van der Waals surface area contributed by atoms with Gasteiger partial charge in [0.2, 0.25) is 5.91 Å². The number of carbonyl (C=O) groups excluding carboxylic acids is 1. The molecule has 0 aliphatic heterocycles. The Kier molecular flexibility index (Phi) is 3.57. The van der Waals surface area contributed by atoms with Gasteiger partial charge in [0.15, 0.2) is 0 Å². The van der Waals surface area contributed by atoms with Crippen LogP contribution in [0.1, 0.15) is 36.6 Å². The summed E-state index contributed by atoms with van der Waals surface area (Å²) in [6, 6.07) is 14.1. The molecule has 0 spiro atoms. The zero-order valence-electron chi connectivity index (χ0n) is 14.8. The Bertz CT molecular complexity index is 1160. The second kappa shape index (κ2) is 5.98. The van der Waals surface area contributed by atoms with Crippen LogP contribution in [-0.4, -0.2) is 10.9 Å². The van der Waals surface area contributed by atoms with Gasteiger partial charge in [-0.3, -0.25) is 4.79 Å². The standard InChI is InChI=1S/C22H19FN2O2/c1-12(21-9-13-8-14(23)6-7-20(13)27-21)25-22(26)17-10-16(17)18-11-24-19-5-3-2-4-15(18)19/h2-9,11-12,16-17,24H,10H2,1H3,(H,25,26). The number of aromatic nitrogens is 1. The Morgan fingerprint density at radius 1 is 1.26 bits per heavy atom. The summed E-state index contributed by atoms with van der Waals surface area (Å²) in [5.74, 6) is 0.593. The predicted octanol–water partition coefficient (Wildman–Crippen LogP) is 5.03. The van der Waals surface area contributed by atoms with Gasteiger partial charge < -0.3 is 14.7 Å². The summed E-state index contributed by atoms with van der Waals surface area (Å²) in [5, 5.41) is 4.93. The quantitative estimate of drug-likeness (QED) is 0.535. The number of H-pyrrole nitrogens is 1. The lowest BCUT2D eigenvalue weighted by molar-refractivity contribution is -0.123. The van der Waals surface area contributed by atoms with Gasteiger partial charge in [-0.2, -0.15) is 0 Å². The van der Waals surface area contributed by atoms with Crippen molar-refractivity contribution in [2.24, 2.45) is 5.92 Å². The van der Waals surface area contributed by atoms with Crippen molar-refractivity contribution in [3.05, 3.63) is 71.9 Å². The van der Waals surface area contributed by atoms with Gasteiger partial charge >= 0.3 is 0 Å². The monoisotopic (exact) mass is 362 g/mol. The number of aromatic amines is 1. The molecule has 5 heteroatoms. The fourth-order valence-corrected chi connectivity index (χ4v) is 3.87. The Hall–Kier alpha value is -3.08.